The lowest BCUT2D eigenvalue weighted by molar-refractivity contribution is -0.173. The highest BCUT2D eigenvalue weighted by Crippen LogP contribution is 2.57. The van der Waals surface area contributed by atoms with E-state index in [1.807, 2.05) is 41.5 Å². The van der Waals surface area contributed by atoms with Crippen molar-refractivity contribution >= 4 is 52.6 Å². The van der Waals surface area contributed by atoms with E-state index in [-0.39, 0.29) is 30.1 Å². The molecule has 1 aliphatic rings. The van der Waals surface area contributed by atoms with Crippen molar-refractivity contribution in [3.63, 3.8) is 0 Å². The van der Waals surface area contributed by atoms with E-state index >= 15 is 0 Å². The monoisotopic (exact) mass is 626 g/mol. The molecule has 1 heterocycles. The Balaban J connectivity index is 1.72. The topological polar surface area (TPSA) is 104 Å². The molecule has 1 aliphatic carbocycles. The fourth-order valence-electron chi connectivity index (χ4n) is 5.03. The van der Waals surface area contributed by atoms with Crippen LogP contribution in [0.2, 0.25) is 15.2 Å². The van der Waals surface area contributed by atoms with Crippen LogP contribution in [-0.4, -0.2) is 41.6 Å². The third-order valence-electron chi connectivity index (χ3n) is 7.91. The molecule has 0 saturated heterocycles. The molecule has 1 N–H and O–H groups in total. The summed E-state index contributed by atoms with van der Waals surface area (Å²) in [7, 11) is 1.25. The van der Waals surface area contributed by atoms with Crippen molar-refractivity contribution in [3.8, 4) is 5.75 Å². The van der Waals surface area contributed by atoms with E-state index in [9.17, 15) is 14.4 Å². The average Bonchev–Trinajstić information content (AvgIpc) is 3.12. The number of aromatic nitrogens is 1. The standard InChI is InChI=1S/C30H37Cl3N2O6/c1-28(2,3)41-27(38)30(6)14-13-19(29(30,4)5)25(36)35-22(26(37)39-7)15-17-11-12-23(24(33)34-17)40-16-18-20(31)9-8-10-21(18)32/h8-12,19,22H,13-16H2,1-7H3,(H,35,36)/t19-,22+,30+/m1/s1. The Hall–Kier alpha value is -2.55. The normalized spacial score (nSPS) is 20.7. The first-order valence-electron chi connectivity index (χ1n) is 13.3. The van der Waals surface area contributed by atoms with Crippen molar-refractivity contribution in [1.29, 1.82) is 0 Å². The van der Waals surface area contributed by atoms with Crippen molar-refractivity contribution in [2.75, 3.05) is 7.11 Å². The third kappa shape index (κ3) is 7.46. The maximum atomic E-state index is 13.5. The third-order valence-corrected chi connectivity index (χ3v) is 8.89. The number of esters is 2. The van der Waals surface area contributed by atoms with Crippen LogP contribution in [0.3, 0.4) is 0 Å². The summed E-state index contributed by atoms with van der Waals surface area (Å²) in [4.78, 5) is 43.7. The molecule has 224 valence electrons. The molecular formula is C30H37Cl3N2O6. The predicted molar refractivity (Wildman–Crippen MR) is 158 cm³/mol. The molecule has 0 spiro atoms. The molecule has 3 atom stereocenters. The summed E-state index contributed by atoms with van der Waals surface area (Å²) in [6, 6.07) is 7.41. The van der Waals surface area contributed by atoms with Crippen LogP contribution in [0, 0.1) is 16.7 Å². The lowest BCUT2D eigenvalue weighted by Crippen LogP contribution is -2.51. The number of ether oxygens (including phenoxy) is 3. The number of pyridine rings is 1. The Morgan fingerprint density at radius 1 is 1.07 bits per heavy atom. The van der Waals surface area contributed by atoms with Gasteiger partial charge in [-0.1, -0.05) is 54.7 Å². The van der Waals surface area contributed by atoms with Gasteiger partial charge in [0.2, 0.25) is 5.91 Å². The van der Waals surface area contributed by atoms with E-state index in [1.165, 1.54) is 7.11 Å². The van der Waals surface area contributed by atoms with Gasteiger partial charge in [0.25, 0.3) is 0 Å². The molecule has 3 rings (SSSR count). The van der Waals surface area contributed by atoms with Gasteiger partial charge in [0.1, 0.15) is 18.2 Å². The van der Waals surface area contributed by atoms with Crippen LogP contribution in [0.4, 0.5) is 0 Å². The lowest BCUT2D eigenvalue weighted by atomic mass is 9.65. The summed E-state index contributed by atoms with van der Waals surface area (Å²) in [5, 5.41) is 3.83. The molecule has 1 saturated carbocycles. The molecule has 1 aromatic carbocycles. The van der Waals surface area contributed by atoms with Crippen molar-refractivity contribution in [2.45, 2.75) is 79.1 Å². The summed E-state index contributed by atoms with van der Waals surface area (Å²) >= 11 is 18.8. The zero-order valence-electron chi connectivity index (χ0n) is 24.4. The summed E-state index contributed by atoms with van der Waals surface area (Å²) in [5.41, 5.74) is -1.20. The zero-order chi connectivity index (χ0) is 30.8. The maximum Gasteiger partial charge on any atom is 0.328 e. The Labute approximate surface area is 256 Å². The highest BCUT2D eigenvalue weighted by Gasteiger charge is 2.59. The van der Waals surface area contributed by atoms with E-state index in [2.05, 4.69) is 10.3 Å². The van der Waals surface area contributed by atoms with Crippen LogP contribution in [0.25, 0.3) is 0 Å². The minimum absolute atomic E-state index is 0.0330. The van der Waals surface area contributed by atoms with Gasteiger partial charge in [0, 0.05) is 33.6 Å². The van der Waals surface area contributed by atoms with E-state index in [1.54, 1.807) is 30.3 Å². The fourth-order valence-corrected chi connectivity index (χ4v) is 5.77. The number of methoxy groups -OCH3 is 1. The predicted octanol–water partition coefficient (Wildman–Crippen LogP) is 6.61. The average molecular weight is 628 g/mol. The second kappa shape index (κ2) is 12.8. The number of carbonyl (C=O) groups excluding carboxylic acids is 3. The molecular weight excluding hydrogens is 591 g/mol. The molecule has 0 unspecified atom stereocenters. The number of amides is 1. The number of benzene rings is 1. The highest BCUT2D eigenvalue weighted by atomic mass is 35.5. The molecule has 41 heavy (non-hydrogen) atoms. The zero-order valence-corrected chi connectivity index (χ0v) is 26.7. The van der Waals surface area contributed by atoms with Gasteiger partial charge in [-0.15, -0.1) is 0 Å². The molecule has 1 amide bonds. The number of nitrogens with one attached hydrogen (secondary N) is 1. The molecule has 2 aromatic rings. The van der Waals surface area contributed by atoms with Crippen LogP contribution in [0.1, 0.15) is 65.6 Å². The Kier molecular flexibility index (Phi) is 10.3. The number of hydrogen-bond donors (Lipinski definition) is 1. The van der Waals surface area contributed by atoms with Crippen LogP contribution in [0.15, 0.2) is 30.3 Å². The number of hydrogen-bond acceptors (Lipinski definition) is 7. The smallest absolute Gasteiger partial charge is 0.328 e. The van der Waals surface area contributed by atoms with Crippen molar-refractivity contribution in [3.05, 3.63) is 56.8 Å². The SMILES string of the molecule is COC(=O)[C@H](Cc1ccc(OCc2c(Cl)cccc2Cl)c(Cl)n1)NC(=O)[C@H]1CC[C@@](C)(C(=O)OC(C)(C)C)C1(C)C. The summed E-state index contributed by atoms with van der Waals surface area (Å²) in [6.45, 7) is 11.1. The fraction of sp³-hybridized carbons (Fsp3) is 0.533. The van der Waals surface area contributed by atoms with E-state index in [0.717, 1.165) is 0 Å². The molecule has 0 aliphatic heterocycles. The highest BCUT2D eigenvalue weighted by molar-refractivity contribution is 6.36. The van der Waals surface area contributed by atoms with E-state index in [4.69, 9.17) is 49.0 Å². The van der Waals surface area contributed by atoms with Crippen LogP contribution >= 0.6 is 34.8 Å². The van der Waals surface area contributed by atoms with Crippen LogP contribution in [0.5, 0.6) is 5.75 Å². The van der Waals surface area contributed by atoms with E-state index in [0.29, 0.717) is 39.9 Å². The first-order valence-corrected chi connectivity index (χ1v) is 14.5. The van der Waals surface area contributed by atoms with Gasteiger partial charge >= 0.3 is 11.9 Å². The van der Waals surface area contributed by atoms with Gasteiger partial charge in [-0.25, -0.2) is 9.78 Å². The van der Waals surface area contributed by atoms with Crippen LogP contribution < -0.4 is 10.1 Å². The summed E-state index contributed by atoms with van der Waals surface area (Å²) < 4.78 is 16.4. The van der Waals surface area contributed by atoms with Crippen molar-refractivity contribution < 1.29 is 28.6 Å². The number of carbonyl (C=O) groups is 3. The second-order valence-electron chi connectivity index (χ2n) is 12.0. The van der Waals surface area contributed by atoms with Gasteiger partial charge in [0.05, 0.1) is 12.5 Å². The maximum absolute atomic E-state index is 13.5. The first-order chi connectivity index (χ1) is 19.0. The summed E-state index contributed by atoms with van der Waals surface area (Å²) in [6.07, 6.45) is 0.979. The number of nitrogens with zero attached hydrogens (tertiary/aromatic N) is 1. The van der Waals surface area contributed by atoms with Crippen LogP contribution in [-0.2, 0) is 36.9 Å². The first kappa shape index (κ1) is 33.0. The Morgan fingerprint density at radius 2 is 1.71 bits per heavy atom. The van der Waals surface area contributed by atoms with Crippen molar-refractivity contribution in [2.24, 2.45) is 16.7 Å². The quantitative estimate of drug-likeness (QED) is 0.247. The number of halogens is 3. The van der Waals surface area contributed by atoms with Gasteiger partial charge in [0.15, 0.2) is 10.9 Å². The lowest BCUT2D eigenvalue weighted by Gasteiger charge is -2.40. The minimum atomic E-state index is -1.02. The molecule has 1 aromatic heterocycles. The van der Waals surface area contributed by atoms with Crippen molar-refractivity contribution in [1.82, 2.24) is 10.3 Å². The largest absolute Gasteiger partial charge is 0.486 e. The minimum Gasteiger partial charge on any atom is -0.486 e. The van der Waals surface area contributed by atoms with E-state index < -0.39 is 34.4 Å². The molecule has 11 heteroatoms. The molecule has 1 fully saturated rings. The second-order valence-corrected chi connectivity index (χ2v) is 13.2. The Morgan fingerprint density at radius 3 is 2.27 bits per heavy atom. The van der Waals surface area contributed by atoms with Gasteiger partial charge in [-0.05, 0) is 70.2 Å². The van der Waals surface area contributed by atoms with Gasteiger partial charge in [-0.2, -0.15) is 0 Å². The Bertz CT molecular complexity index is 1290. The molecule has 0 bridgehead atoms. The van der Waals surface area contributed by atoms with Gasteiger partial charge in [-0.3, -0.25) is 9.59 Å². The van der Waals surface area contributed by atoms with Gasteiger partial charge < -0.3 is 19.5 Å². The summed E-state index contributed by atoms with van der Waals surface area (Å²) in [5.74, 6) is -1.54. The molecule has 0 radical (unpaired) electrons. The molecule has 8 nitrogen and oxygen atoms in total. The number of rotatable bonds is 9.